The number of para-hydroxylation sites is 1. The Morgan fingerprint density at radius 2 is 1.82 bits per heavy atom. The van der Waals surface area contributed by atoms with Gasteiger partial charge in [-0.3, -0.25) is 4.57 Å². The van der Waals surface area contributed by atoms with Crippen molar-refractivity contribution in [2.45, 2.75) is 97.8 Å². The van der Waals surface area contributed by atoms with Crippen LogP contribution in [0.1, 0.15) is 72.9 Å². The maximum Gasteiger partial charge on any atom is 0.410 e. The lowest BCUT2D eigenvalue weighted by Gasteiger charge is -2.23. The number of amides is 1. The SMILES string of the molecule is COC(=O)c1nc(N(CCCCCN=[N+]=[N-])c2cc(C)c(/N=c3\sc4ccccc4n3COCC[Si](C)(C)C)nn2)sc1CCCOc1ccc(C#CCN(C)C(=O)OC(C)(C)C)cc1F. The fraction of sp³-hybridized carbons (Fsp3) is 0.478. The Hall–Kier alpha value is -5.84. The molecule has 1 amide bonds. The van der Waals surface area contributed by atoms with Crippen LogP contribution >= 0.6 is 22.7 Å². The molecule has 0 unspecified atom stereocenters. The molecule has 0 spiro atoms. The molecule has 0 atom stereocenters. The smallest absolute Gasteiger partial charge is 0.410 e. The lowest BCUT2D eigenvalue weighted by Crippen LogP contribution is -2.34. The first-order valence-electron chi connectivity index (χ1n) is 21.7. The molecule has 0 N–H and O–H groups in total. The number of esters is 1. The van der Waals surface area contributed by atoms with Gasteiger partial charge in [-0.2, -0.15) is 4.99 Å². The predicted molar refractivity (Wildman–Crippen MR) is 260 cm³/mol. The third-order valence-corrected chi connectivity index (χ3v) is 13.6. The number of aromatic nitrogens is 4. The quantitative estimate of drug-likeness (QED) is 0.0130. The summed E-state index contributed by atoms with van der Waals surface area (Å²) in [7, 11) is 1.62. The van der Waals surface area contributed by atoms with E-state index in [2.05, 4.69) is 68.4 Å². The molecule has 5 rings (SSSR count). The Morgan fingerprint density at radius 1 is 1.03 bits per heavy atom. The van der Waals surface area contributed by atoms with E-state index in [-0.39, 0.29) is 24.6 Å². The second kappa shape index (κ2) is 24.1. The Labute approximate surface area is 394 Å². The van der Waals surface area contributed by atoms with Crippen LogP contribution in [-0.4, -0.2) is 97.4 Å². The molecule has 3 aromatic heterocycles. The summed E-state index contributed by atoms with van der Waals surface area (Å²) in [4.78, 5) is 42.6. The Kier molecular flexibility index (Phi) is 18.7. The van der Waals surface area contributed by atoms with E-state index in [1.165, 1.54) is 35.5 Å². The summed E-state index contributed by atoms with van der Waals surface area (Å²) in [5, 5.41) is 13.4. The van der Waals surface area contributed by atoms with Gasteiger partial charge < -0.3 is 28.7 Å². The van der Waals surface area contributed by atoms with Crippen molar-refractivity contribution in [2.75, 3.05) is 51.9 Å². The molecular formula is C46H59FN10O6S2Si. The molecule has 0 radical (unpaired) electrons. The standard InChI is InChI=1S/C46H59FN10O6S2Si/c1-32-29-39(52-53-41(32)51-44-57(31-61-27-28-66(7,8)9)35-18-11-12-19-37(35)64-44)56(25-14-10-13-23-49-54-48)43-50-40(42(58)60-6)38(65-43)20-16-26-62-36-22-21-33(30-34(36)47)17-15-24-55(5)45(59)63-46(2,3)4/h11-12,18-19,21-22,29-30H,10,13-14,16,20,23-28,31H2,1-9H3/b51-44-. The highest BCUT2D eigenvalue weighted by molar-refractivity contribution is 7.16. The predicted octanol–water partition coefficient (Wildman–Crippen LogP) is 10.6. The van der Waals surface area contributed by atoms with Gasteiger partial charge in [0.1, 0.15) is 12.3 Å². The van der Waals surface area contributed by atoms with E-state index in [1.54, 1.807) is 45.2 Å². The number of rotatable bonds is 21. The zero-order valence-electron chi connectivity index (χ0n) is 39.2. The molecule has 0 saturated carbocycles. The summed E-state index contributed by atoms with van der Waals surface area (Å²) in [5.41, 5.74) is 10.5. The van der Waals surface area contributed by atoms with Crippen LogP contribution in [0.15, 0.2) is 58.6 Å². The Bertz CT molecular complexity index is 2640. The number of anilines is 2. The first-order valence-corrected chi connectivity index (χ1v) is 27.1. The van der Waals surface area contributed by atoms with Crippen molar-refractivity contribution in [3.05, 3.63) is 91.3 Å². The molecule has 20 heteroatoms. The summed E-state index contributed by atoms with van der Waals surface area (Å²) in [6, 6.07) is 15.5. The van der Waals surface area contributed by atoms with Crippen molar-refractivity contribution in [1.82, 2.24) is 24.6 Å². The molecule has 0 bridgehead atoms. The topological polar surface area (TPSA) is 182 Å². The first-order chi connectivity index (χ1) is 31.5. The van der Waals surface area contributed by atoms with Crippen LogP contribution < -0.4 is 14.4 Å². The number of hydrogen-bond acceptors (Lipinski definition) is 14. The van der Waals surface area contributed by atoms with Crippen LogP contribution in [0, 0.1) is 24.6 Å². The number of ether oxygens (including phenoxy) is 4. The highest BCUT2D eigenvalue weighted by atomic mass is 32.1. The van der Waals surface area contributed by atoms with Gasteiger partial charge in [0.15, 0.2) is 38.8 Å². The number of nitrogens with zero attached hydrogens (tertiary/aromatic N) is 10. The van der Waals surface area contributed by atoms with E-state index in [1.807, 2.05) is 30.0 Å². The van der Waals surface area contributed by atoms with Crippen molar-refractivity contribution < 1.29 is 32.9 Å². The maximum atomic E-state index is 15.1. The second-order valence-electron chi connectivity index (χ2n) is 17.6. The average Bonchev–Trinajstić information content (AvgIpc) is 3.84. The third-order valence-electron chi connectivity index (χ3n) is 9.72. The number of benzene rings is 2. The van der Waals surface area contributed by atoms with E-state index in [4.69, 9.17) is 34.5 Å². The van der Waals surface area contributed by atoms with Gasteiger partial charge in [-0.05, 0) is 107 Å². The first kappa shape index (κ1) is 51.1. The van der Waals surface area contributed by atoms with Gasteiger partial charge in [-0.15, -0.1) is 21.5 Å². The van der Waals surface area contributed by atoms with Crippen LogP contribution in [0.4, 0.5) is 26.0 Å². The summed E-state index contributed by atoms with van der Waals surface area (Å²) < 4.78 is 40.7. The lowest BCUT2D eigenvalue weighted by molar-refractivity contribution is 0.0320. The number of azide groups is 1. The molecule has 2 aromatic carbocycles. The maximum absolute atomic E-state index is 15.1. The molecule has 66 heavy (non-hydrogen) atoms. The molecule has 16 nitrogen and oxygen atoms in total. The molecule has 0 aliphatic rings. The van der Waals surface area contributed by atoms with E-state index in [9.17, 15) is 9.59 Å². The molecule has 0 saturated heterocycles. The zero-order valence-corrected chi connectivity index (χ0v) is 41.9. The van der Waals surface area contributed by atoms with Crippen LogP contribution in [0.5, 0.6) is 5.75 Å². The fourth-order valence-corrected chi connectivity index (χ4v) is 9.10. The van der Waals surface area contributed by atoms with Crippen LogP contribution in [-0.2, 0) is 27.4 Å². The molecule has 0 aliphatic heterocycles. The molecule has 0 fully saturated rings. The number of fused-ring (bicyclic) bond motifs is 1. The van der Waals surface area contributed by atoms with Crippen molar-refractivity contribution in [2.24, 2.45) is 10.1 Å². The van der Waals surface area contributed by atoms with Gasteiger partial charge >= 0.3 is 12.1 Å². The minimum Gasteiger partial charge on any atom is -0.491 e. The van der Waals surface area contributed by atoms with Crippen LogP contribution in [0.2, 0.25) is 25.7 Å². The number of carbonyl (C=O) groups is 2. The monoisotopic (exact) mass is 958 g/mol. The number of aryl methyl sites for hydroxylation is 2. The van der Waals surface area contributed by atoms with Gasteiger partial charge in [0.05, 0.1) is 30.5 Å². The van der Waals surface area contributed by atoms with Gasteiger partial charge in [-0.1, -0.05) is 66.5 Å². The lowest BCUT2D eigenvalue weighted by atomic mass is 10.2. The molecular weight excluding hydrogens is 900 g/mol. The molecule has 5 aromatic rings. The van der Waals surface area contributed by atoms with Crippen molar-refractivity contribution in [3.63, 3.8) is 0 Å². The second-order valence-corrected chi connectivity index (χ2v) is 25.3. The third kappa shape index (κ3) is 15.4. The van der Waals surface area contributed by atoms with E-state index in [0.717, 1.165) is 33.0 Å². The van der Waals surface area contributed by atoms with E-state index < -0.39 is 31.6 Å². The number of carbonyl (C=O) groups excluding carboxylic acids is 2. The zero-order chi connectivity index (χ0) is 47.9. The Balaban J connectivity index is 1.33. The van der Waals surface area contributed by atoms with Gasteiger partial charge in [0.2, 0.25) is 0 Å². The van der Waals surface area contributed by atoms with Crippen LogP contribution in [0.3, 0.4) is 0 Å². The number of thiazole rings is 2. The average molecular weight is 959 g/mol. The minimum atomic E-state index is -1.26. The summed E-state index contributed by atoms with van der Waals surface area (Å²) >= 11 is 2.90. The van der Waals surface area contributed by atoms with Crippen LogP contribution in [0.25, 0.3) is 20.7 Å². The number of methoxy groups -OCH3 is 1. The molecule has 0 aliphatic carbocycles. The fourth-order valence-electron chi connectivity index (χ4n) is 6.20. The summed E-state index contributed by atoms with van der Waals surface area (Å²) in [5.74, 6) is 5.63. The van der Waals surface area contributed by atoms with Crippen molar-refractivity contribution in [3.8, 4) is 17.6 Å². The van der Waals surface area contributed by atoms with Crippen molar-refractivity contribution >= 4 is 69.8 Å². The Morgan fingerprint density at radius 3 is 2.53 bits per heavy atom. The number of unbranched alkanes of at least 4 members (excludes halogenated alkanes) is 2. The normalized spacial score (nSPS) is 11.8. The molecule has 3 heterocycles. The molecule has 352 valence electrons. The van der Waals surface area contributed by atoms with Gasteiger partial charge in [0.25, 0.3) is 0 Å². The highest BCUT2D eigenvalue weighted by Crippen LogP contribution is 2.34. The van der Waals surface area contributed by atoms with Gasteiger partial charge in [0, 0.05) is 50.2 Å². The number of halogens is 1. The number of hydrogen-bond donors (Lipinski definition) is 0. The summed E-state index contributed by atoms with van der Waals surface area (Å²) in [6.45, 7) is 16.5. The highest BCUT2D eigenvalue weighted by Gasteiger charge is 2.25. The largest absolute Gasteiger partial charge is 0.491 e. The van der Waals surface area contributed by atoms with Gasteiger partial charge in [-0.25, -0.2) is 19.0 Å². The van der Waals surface area contributed by atoms with E-state index >= 15 is 4.39 Å². The van der Waals surface area contributed by atoms with Crippen molar-refractivity contribution in [1.29, 1.82) is 0 Å². The van der Waals surface area contributed by atoms with E-state index in [0.29, 0.717) is 79.3 Å². The minimum absolute atomic E-state index is 0.0633. The summed E-state index contributed by atoms with van der Waals surface area (Å²) in [6.07, 6.45) is 2.54.